The molecule has 90 valence electrons. The van der Waals surface area contributed by atoms with Crippen molar-refractivity contribution < 1.29 is 0 Å². The van der Waals surface area contributed by atoms with Crippen LogP contribution < -0.4 is 0 Å². The zero-order valence-electron chi connectivity index (χ0n) is 11.0. The second-order valence-corrected chi connectivity index (χ2v) is 5.77. The van der Waals surface area contributed by atoms with E-state index in [4.69, 9.17) is 0 Å². The Labute approximate surface area is 96.2 Å². The number of nitrogens with zero attached hydrogens (tertiary/aromatic N) is 1. The van der Waals surface area contributed by atoms with Crippen molar-refractivity contribution in [1.82, 2.24) is 4.90 Å². The molecule has 1 aliphatic carbocycles. The van der Waals surface area contributed by atoms with Gasteiger partial charge in [0, 0.05) is 6.04 Å². The van der Waals surface area contributed by atoms with Crippen LogP contribution in [0.3, 0.4) is 0 Å². The Hall–Kier alpha value is -0.0400. The first-order valence-corrected chi connectivity index (χ1v) is 6.94. The Balaban J connectivity index is 0.000000245. The zero-order valence-corrected chi connectivity index (χ0v) is 11.0. The Morgan fingerprint density at radius 1 is 0.800 bits per heavy atom. The van der Waals surface area contributed by atoms with Crippen LogP contribution in [0.15, 0.2) is 0 Å². The number of hydrogen-bond donors (Lipinski definition) is 0. The van der Waals surface area contributed by atoms with E-state index < -0.39 is 0 Å². The molecule has 1 heterocycles. The van der Waals surface area contributed by atoms with E-state index in [1.807, 2.05) is 0 Å². The smallest absolute Gasteiger partial charge is 0.00952 e. The van der Waals surface area contributed by atoms with Crippen molar-refractivity contribution in [2.24, 2.45) is 5.92 Å². The molecule has 0 N–H and O–H groups in total. The molecule has 0 atom stereocenters. The summed E-state index contributed by atoms with van der Waals surface area (Å²) in [5.74, 6) is 0.833. The van der Waals surface area contributed by atoms with Gasteiger partial charge in [0.1, 0.15) is 0 Å². The van der Waals surface area contributed by atoms with Crippen LogP contribution in [0.4, 0.5) is 0 Å². The van der Waals surface area contributed by atoms with E-state index in [1.54, 1.807) is 0 Å². The molecule has 1 aliphatic heterocycles. The average molecular weight is 211 g/mol. The molecule has 0 aromatic carbocycles. The first-order chi connectivity index (χ1) is 7.20. The van der Waals surface area contributed by atoms with Gasteiger partial charge in [0.2, 0.25) is 0 Å². The minimum absolute atomic E-state index is 0.833. The molecule has 0 radical (unpaired) electrons. The minimum Gasteiger partial charge on any atom is -0.300 e. The van der Waals surface area contributed by atoms with Crippen LogP contribution in [0, 0.1) is 5.92 Å². The molecule has 2 aliphatic rings. The molecule has 2 fully saturated rings. The lowest BCUT2D eigenvalue weighted by Crippen LogP contribution is -2.34. The summed E-state index contributed by atoms with van der Waals surface area (Å²) in [7, 11) is 0. The van der Waals surface area contributed by atoms with Gasteiger partial charge >= 0.3 is 0 Å². The maximum absolute atomic E-state index is 2.72. The van der Waals surface area contributed by atoms with Gasteiger partial charge in [-0.1, -0.05) is 40.0 Å². The van der Waals surface area contributed by atoms with Gasteiger partial charge in [-0.2, -0.15) is 0 Å². The van der Waals surface area contributed by atoms with Crippen LogP contribution >= 0.6 is 0 Å². The van der Waals surface area contributed by atoms with Gasteiger partial charge in [0.05, 0.1) is 0 Å². The third-order valence-electron chi connectivity index (χ3n) is 3.23. The molecule has 0 unspecified atom stereocenters. The van der Waals surface area contributed by atoms with Crippen molar-refractivity contribution in [3.05, 3.63) is 0 Å². The summed E-state index contributed by atoms with van der Waals surface area (Å²) in [6, 6.07) is 0.978. The highest BCUT2D eigenvalue weighted by molar-refractivity contribution is 4.78. The third kappa shape index (κ3) is 5.55. The van der Waals surface area contributed by atoms with Crippen molar-refractivity contribution >= 4 is 0 Å². The SMILES string of the molecule is C1CCC(N2CCCC2)CC1.CC(C)C. The van der Waals surface area contributed by atoms with Crippen molar-refractivity contribution in [3.63, 3.8) is 0 Å². The van der Waals surface area contributed by atoms with Crippen LogP contribution in [-0.4, -0.2) is 24.0 Å². The fraction of sp³-hybridized carbons (Fsp3) is 1.00. The van der Waals surface area contributed by atoms with Crippen LogP contribution in [0.5, 0.6) is 0 Å². The quantitative estimate of drug-likeness (QED) is 0.632. The summed E-state index contributed by atoms with van der Waals surface area (Å²) >= 11 is 0. The molecular weight excluding hydrogens is 182 g/mol. The number of rotatable bonds is 1. The second kappa shape index (κ2) is 7.27. The lowest BCUT2D eigenvalue weighted by molar-refractivity contribution is 0.191. The van der Waals surface area contributed by atoms with Crippen LogP contribution in [0.25, 0.3) is 0 Å². The van der Waals surface area contributed by atoms with Gasteiger partial charge in [0.15, 0.2) is 0 Å². The fourth-order valence-corrected chi connectivity index (χ4v) is 2.55. The van der Waals surface area contributed by atoms with Crippen molar-refractivity contribution in [2.75, 3.05) is 13.1 Å². The molecule has 1 saturated heterocycles. The largest absolute Gasteiger partial charge is 0.300 e. The summed E-state index contributed by atoms with van der Waals surface area (Å²) in [5, 5.41) is 0. The zero-order chi connectivity index (χ0) is 11.1. The number of likely N-dealkylation sites (tertiary alicyclic amines) is 1. The Kier molecular flexibility index (Phi) is 6.31. The van der Waals surface area contributed by atoms with Crippen LogP contribution in [0.2, 0.25) is 0 Å². The molecule has 0 aromatic heterocycles. The van der Waals surface area contributed by atoms with E-state index in [9.17, 15) is 0 Å². The normalized spacial score (nSPS) is 24.0. The molecule has 2 rings (SSSR count). The first kappa shape index (κ1) is 13.0. The maximum atomic E-state index is 2.72. The third-order valence-corrected chi connectivity index (χ3v) is 3.23. The van der Waals surface area contributed by atoms with E-state index in [0.29, 0.717) is 0 Å². The maximum Gasteiger partial charge on any atom is 0.00952 e. The summed E-state index contributed by atoms with van der Waals surface area (Å²) in [6.45, 7) is 9.29. The monoisotopic (exact) mass is 211 g/mol. The van der Waals surface area contributed by atoms with Crippen molar-refractivity contribution in [1.29, 1.82) is 0 Å². The summed E-state index contributed by atoms with van der Waals surface area (Å²) in [6.07, 6.45) is 10.3. The van der Waals surface area contributed by atoms with Gasteiger partial charge in [-0.3, -0.25) is 0 Å². The van der Waals surface area contributed by atoms with Gasteiger partial charge < -0.3 is 4.90 Å². The predicted octanol–water partition coefficient (Wildman–Crippen LogP) is 4.08. The molecule has 0 bridgehead atoms. The highest BCUT2D eigenvalue weighted by Gasteiger charge is 2.22. The highest BCUT2D eigenvalue weighted by atomic mass is 15.2. The lowest BCUT2D eigenvalue weighted by Gasteiger charge is -2.30. The molecule has 0 spiro atoms. The molecule has 1 nitrogen and oxygen atoms in total. The molecular formula is C14H29N. The minimum atomic E-state index is 0.833. The topological polar surface area (TPSA) is 3.24 Å². The van der Waals surface area contributed by atoms with Gasteiger partial charge in [-0.15, -0.1) is 0 Å². The van der Waals surface area contributed by atoms with E-state index >= 15 is 0 Å². The van der Waals surface area contributed by atoms with Crippen LogP contribution in [-0.2, 0) is 0 Å². The van der Waals surface area contributed by atoms with E-state index in [2.05, 4.69) is 25.7 Å². The predicted molar refractivity (Wildman–Crippen MR) is 68.2 cm³/mol. The van der Waals surface area contributed by atoms with Crippen LogP contribution in [0.1, 0.15) is 65.7 Å². The fourth-order valence-electron chi connectivity index (χ4n) is 2.55. The van der Waals surface area contributed by atoms with E-state index in [1.165, 1.54) is 58.0 Å². The summed E-state index contributed by atoms with van der Waals surface area (Å²) < 4.78 is 0. The Bertz CT molecular complexity index is 139. The molecule has 15 heavy (non-hydrogen) atoms. The molecule has 0 aromatic rings. The van der Waals surface area contributed by atoms with Crippen molar-refractivity contribution in [2.45, 2.75) is 71.8 Å². The van der Waals surface area contributed by atoms with E-state index in [-0.39, 0.29) is 0 Å². The Morgan fingerprint density at radius 2 is 1.27 bits per heavy atom. The Morgan fingerprint density at radius 3 is 1.73 bits per heavy atom. The van der Waals surface area contributed by atoms with Gasteiger partial charge in [-0.25, -0.2) is 0 Å². The van der Waals surface area contributed by atoms with Crippen molar-refractivity contribution in [3.8, 4) is 0 Å². The van der Waals surface area contributed by atoms with Gasteiger partial charge in [0.25, 0.3) is 0 Å². The summed E-state index contributed by atoms with van der Waals surface area (Å²) in [5.41, 5.74) is 0. The average Bonchev–Trinajstić information content (AvgIpc) is 2.71. The van der Waals surface area contributed by atoms with E-state index in [0.717, 1.165) is 12.0 Å². The standard InChI is InChI=1S/C10H19N.C4H10/c1-2-6-10(7-3-1)11-8-4-5-9-11;1-4(2)3/h10H,1-9H2;4H,1-3H3. The van der Waals surface area contributed by atoms with Gasteiger partial charge in [-0.05, 0) is 44.7 Å². The highest BCUT2D eigenvalue weighted by Crippen LogP contribution is 2.25. The second-order valence-electron chi connectivity index (χ2n) is 5.77. The molecule has 1 saturated carbocycles. The molecule has 1 heteroatoms. The lowest BCUT2D eigenvalue weighted by atomic mass is 9.94. The molecule has 0 amide bonds. The number of hydrogen-bond acceptors (Lipinski definition) is 1. The first-order valence-electron chi connectivity index (χ1n) is 6.94. The summed E-state index contributed by atoms with van der Waals surface area (Å²) in [4.78, 5) is 2.72.